The Morgan fingerprint density at radius 1 is 1.36 bits per heavy atom. The first-order chi connectivity index (χ1) is 13.2. The molecular weight excluding hydrogens is 358 g/mol. The van der Waals surface area contributed by atoms with Crippen molar-refractivity contribution in [2.75, 3.05) is 12.4 Å². The fourth-order valence-corrected chi connectivity index (χ4v) is 2.89. The lowest BCUT2D eigenvalue weighted by Gasteiger charge is -2.34. The van der Waals surface area contributed by atoms with Crippen LogP contribution in [0.1, 0.15) is 50.8 Å². The van der Waals surface area contributed by atoms with Gasteiger partial charge in [0.1, 0.15) is 6.10 Å². The van der Waals surface area contributed by atoms with E-state index in [-0.39, 0.29) is 24.0 Å². The number of carbonyl (C=O) groups is 2. The highest BCUT2D eigenvalue weighted by molar-refractivity contribution is 5.93. The second kappa shape index (κ2) is 8.00. The lowest BCUT2D eigenvalue weighted by molar-refractivity contribution is -0.123. The number of hydrogen-bond donors (Lipinski definition) is 2. The summed E-state index contributed by atoms with van der Waals surface area (Å²) < 4.78 is 5.55. The van der Waals surface area contributed by atoms with Crippen LogP contribution in [0.5, 0.6) is 0 Å². The molecule has 2 amide bonds. The maximum atomic E-state index is 12.2. The Morgan fingerprint density at radius 2 is 2.11 bits per heavy atom. The molecule has 0 atom stereocenters. The van der Waals surface area contributed by atoms with Gasteiger partial charge in [0.2, 0.25) is 5.91 Å². The van der Waals surface area contributed by atoms with Gasteiger partial charge in [0.05, 0.1) is 6.54 Å². The average Bonchev–Trinajstić information content (AvgIpc) is 3.05. The summed E-state index contributed by atoms with van der Waals surface area (Å²) in [5.74, 6) is 0.684. The molecule has 2 aromatic heterocycles. The summed E-state index contributed by atoms with van der Waals surface area (Å²) in [7, 11) is 1.71. The third kappa shape index (κ3) is 4.88. The summed E-state index contributed by atoms with van der Waals surface area (Å²) in [6.45, 7) is 6.02. The normalized spacial score (nSPS) is 18.9. The highest BCUT2D eigenvalue weighted by atomic mass is 16.6. The van der Waals surface area contributed by atoms with Crippen molar-refractivity contribution in [3.8, 4) is 0 Å². The van der Waals surface area contributed by atoms with E-state index in [1.165, 1.54) is 0 Å². The molecule has 8 nitrogen and oxygen atoms in total. The van der Waals surface area contributed by atoms with E-state index in [9.17, 15) is 9.59 Å². The number of pyridine rings is 1. The second-order valence-electron chi connectivity index (χ2n) is 8.30. The van der Waals surface area contributed by atoms with Crippen LogP contribution in [-0.2, 0) is 16.1 Å². The van der Waals surface area contributed by atoms with Gasteiger partial charge in [0, 0.05) is 42.5 Å². The lowest BCUT2D eigenvalue weighted by Crippen LogP contribution is -2.37. The van der Waals surface area contributed by atoms with Crippen molar-refractivity contribution in [3.63, 3.8) is 0 Å². The van der Waals surface area contributed by atoms with E-state index in [1.54, 1.807) is 24.3 Å². The molecule has 0 radical (unpaired) electrons. The third-order valence-electron chi connectivity index (χ3n) is 4.78. The molecule has 1 fully saturated rings. The molecule has 28 heavy (non-hydrogen) atoms. The molecule has 2 N–H and O–H groups in total. The molecule has 0 aliphatic heterocycles. The van der Waals surface area contributed by atoms with Gasteiger partial charge < -0.3 is 15.0 Å². The number of nitrogens with zero attached hydrogens (tertiary/aromatic N) is 3. The molecule has 150 valence electrons. The summed E-state index contributed by atoms with van der Waals surface area (Å²) in [5.41, 5.74) is 1.42. The Kier molecular flexibility index (Phi) is 5.67. The molecule has 8 heteroatoms. The summed E-state index contributed by atoms with van der Waals surface area (Å²) >= 11 is 0. The Hall–Kier alpha value is -2.90. The first kappa shape index (κ1) is 19.9. The number of ether oxygens (including phenoxy) is 1. The number of nitrogens with one attached hydrogen (secondary N) is 2. The second-order valence-corrected chi connectivity index (χ2v) is 8.30. The van der Waals surface area contributed by atoms with Crippen LogP contribution in [0.15, 0.2) is 30.6 Å². The minimum atomic E-state index is -0.475. The van der Waals surface area contributed by atoms with Gasteiger partial charge in [-0.1, -0.05) is 26.8 Å². The quantitative estimate of drug-likeness (QED) is 0.822. The molecule has 0 bridgehead atoms. The van der Waals surface area contributed by atoms with Crippen molar-refractivity contribution in [2.24, 2.45) is 5.41 Å². The zero-order valence-electron chi connectivity index (χ0n) is 16.7. The van der Waals surface area contributed by atoms with Gasteiger partial charge in [-0.05, 0) is 24.5 Å². The maximum Gasteiger partial charge on any atom is 0.410 e. The maximum absolute atomic E-state index is 12.2. The highest BCUT2D eigenvalue weighted by Gasteiger charge is 2.35. The number of amides is 2. The molecule has 2 aromatic rings. The van der Waals surface area contributed by atoms with Gasteiger partial charge in [0.15, 0.2) is 5.82 Å². The van der Waals surface area contributed by atoms with E-state index < -0.39 is 5.41 Å². The van der Waals surface area contributed by atoms with Gasteiger partial charge in [-0.3, -0.25) is 14.9 Å². The van der Waals surface area contributed by atoms with Crippen molar-refractivity contribution >= 4 is 17.8 Å². The van der Waals surface area contributed by atoms with Crippen molar-refractivity contribution in [3.05, 3.63) is 41.9 Å². The minimum Gasteiger partial charge on any atom is -0.446 e. The molecule has 1 aliphatic rings. The smallest absolute Gasteiger partial charge is 0.410 e. The third-order valence-corrected chi connectivity index (χ3v) is 4.78. The van der Waals surface area contributed by atoms with Crippen LogP contribution in [0.25, 0.3) is 0 Å². The zero-order valence-corrected chi connectivity index (χ0v) is 16.7. The first-order valence-electron chi connectivity index (χ1n) is 9.40. The van der Waals surface area contributed by atoms with Crippen molar-refractivity contribution in [1.82, 2.24) is 20.1 Å². The van der Waals surface area contributed by atoms with Crippen LogP contribution in [0.3, 0.4) is 0 Å². The average molecular weight is 385 g/mol. The summed E-state index contributed by atoms with van der Waals surface area (Å²) in [5, 5.41) is 9.93. The number of aromatic amines is 1. The van der Waals surface area contributed by atoms with E-state index in [0.29, 0.717) is 12.4 Å². The zero-order chi connectivity index (χ0) is 20.3. The predicted molar refractivity (Wildman–Crippen MR) is 105 cm³/mol. The Morgan fingerprint density at radius 3 is 2.75 bits per heavy atom. The highest BCUT2D eigenvalue weighted by Crippen LogP contribution is 2.38. The molecule has 0 unspecified atom stereocenters. The first-order valence-corrected chi connectivity index (χ1v) is 9.40. The molecule has 2 heterocycles. The fraction of sp³-hybridized carbons (Fsp3) is 0.500. The number of rotatable bonds is 5. The summed E-state index contributed by atoms with van der Waals surface area (Å²) in [4.78, 5) is 29.9. The topological polar surface area (TPSA) is 100 Å². The lowest BCUT2D eigenvalue weighted by atomic mass is 9.80. The van der Waals surface area contributed by atoms with Gasteiger partial charge in [-0.2, -0.15) is 5.10 Å². The summed E-state index contributed by atoms with van der Waals surface area (Å²) in [6, 6.07) is 5.61. The fourth-order valence-electron chi connectivity index (χ4n) is 2.89. The van der Waals surface area contributed by atoms with Gasteiger partial charge in [-0.25, -0.2) is 4.79 Å². The number of hydrogen-bond acceptors (Lipinski definition) is 5. The van der Waals surface area contributed by atoms with Crippen molar-refractivity contribution in [1.29, 1.82) is 0 Å². The van der Waals surface area contributed by atoms with Crippen molar-refractivity contribution < 1.29 is 14.3 Å². The van der Waals surface area contributed by atoms with Crippen LogP contribution in [0.4, 0.5) is 10.6 Å². The van der Waals surface area contributed by atoms with E-state index in [1.807, 2.05) is 39.0 Å². The van der Waals surface area contributed by atoms with E-state index in [2.05, 4.69) is 20.5 Å². The largest absolute Gasteiger partial charge is 0.446 e. The van der Waals surface area contributed by atoms with Crippen LogP contribution in [0.2, 0.25) is 0 Å². The minimum absolute atomic E-state index is 0.0809. The standard InChI is InChI=1S/C20H27N5O3/c1-20(2,3)18(26)22-17-10-16(23-24-17)14-8-15(9-14)28-19(27)25(4)12-13-6-5-7-21-11-13/h5-7,10-11,14-15H,8-9,12H2,1-4H3,(H2,22,23,24,26)/t14-,15+. The monoisotopic (exact) mass is 385 g/mol. The number of anilines is 1. The van der Waals surface area contributed by atoms with Crippen LogP contribution < -0.4 is 5.32 Å². The molecule has 3 rings (SSSR count). The number of H-pyrrole nitrogens is 1. The Bertz CT molecular complexity index is 822. The van der Waals surface area contributed by atoms with E-state index >= 15 is 0 Å². The Labute approximate surface area is 164 Å². The molecule has 1 aliphatic carbocycles. The molecule has 0 spiro atoms. The molecule has 0 aromatic carbocycles. The number of aromatic nitrogens is 3. The van der Waals surface area contributed by atoms with Gasteiger partial charge in [0.25, 0.3) is 0 Å². The Balaban J connectivity index is 1.44. The van der Waals surface area contributed by atoms with Crippen LogP contribution >= 0.6 is 0 Å². The number of carbonyl (C=O) groups excluding carboxylic acids is 2. The summed E-state index contributed by atoms with van der Waals surface area (Å²) in [6.07, 6.45) is 4.46. The SMILES string of the molecule is CN(Cc1cccnc1)C(=O)O[C@H]1C[C@@H](c2cc(NC(=O)C(C)(C)C)n[nH]2)C1. The van der Waals surface area contributed by atoms with Gasteiger partial charge >= 0.3 is 6.09 Å². The van der Waals surface area contributed by atoms with Crippen LogP contribution in [-0.4, -0.2) is 45.2 Å². The van der Waals surface area contributed by atoms with Gasteiger partial charge in [-0.15, -0.1) is 0 Å². The molecular formula is C20H27N5O3. The predicted octanol–water partition coefficient (Wildman–Crippen LogP) is 3.30. The van der Waals surface area contributed by atoms with E-state index in [4.69, 9.17) is 4.74 Å². The molecule has 1 saturated carbocycles. The van der Waals surface area contributed by atoms with E-state index in [0.717, 1.165) is 24.1 Å². The molecule has 0 saturated heterocycles. The van der Waals surface area contributed by atoms with Crippen LogP contribution in [0, 0.1) is 5.41 Å². The van der Waals surface area contributed by atoms with Crippen molar-refractivity contribution in [2.45, 2.75) is 52.2 Å².